The van der Waals surface area contributed by atoms with E-state index in [1.54, 1.807) is 0 Å². The van der Waals surface area contributed by atoms with Crippen molar-refractivity contribution >= 4 is 17.4 Å². The highest BCUT2D eigenvalue weighted by molar-refractivity contribution is 7.99. The molecule has 0 radical (unpaired) electrons. The summed E-state index contributed by atoms with van der Waals surface area (Å²) in [5.74, 6) is 0.746. The van der Waals surface area contributed by atoms with E-state index in [1.807, 2.05) is 6.07 Å². The van der Waals surface area contributed by atoms with Gasteiger partial charge >= 0.3 is 0 Å². The highest BCUT2D eigenvalue weighted by Crippen LogP contribution is 2.24. The van der Waals surface area contributed by atoms with Crippen molar-refractivity contribution in [1.82, 2.24) is 14.9 Å². The number of rotatable bonds is 8. The molecule has 9 heteroatoms. The minimum atomic E-state index is -0.513. The van der Waals surface area contributed by atoms with Crippen molar-refractivity contribution in [2.24, 2.45) is 0 Å². The van der Waals surface area contributed by atoms with Gasteiger partial charge in [0.05, 0.1) is 10.6 Å². The lowest BCUT2D eigenvalue weighted by Gasteiger charge is -2.17. The molecule has 8 nitrogen and oxygen atoms in total. The first kappa shape index (κ1) is 19.6. The van der Waals surface area contributed by atoms with Gasteiger partial charge in [0, 0.05) is 30.0 Å². The Labute approximate surface area is 155 Å². The molecular formula is C17H19N5O3S. The summed E-state index contributed by atoms with van der Waals surface area (Å²) in [4.78, 5) is 31.7. The molecular weight excluding hydrogens is 354 g/mol. The largest absolute Gasteiger partial charge is 0.303 e. The summed E-state index contributed by atoms with van der Waals surface area (Å²) >= 11 is 1.40. The summed E-state index contributed by atoms with van der Waals surface area (Å²) in [6.07, 6.45) is 0. The molecule has 2 rings (SSSR count). The lowest BCUT2D eigenvalue weighted by Crippen LogP contribution is -2.25. The molecule has 1 N–H and O–H groups in total. The van der Waals surface area contributed by atoms with E-state index >= 15 is 0 Å². The van der Waals surface area contributed by atoms with E-state index < -0.39 is 10.5 Å². The number of nitriles is 1. The Morgan fingerprint density at radius 1 is 1.31 bits per heavy atom. The molecule has 0 saturated carbocycles. The number of H-pyrrole nitrogens is 1. The summed E-state index contributed by atoms with van der Waals surface area (Å²) < 4.78 is 0. The Kier molecular flexibility index (Phi) is 6.89. The van der Waals surface area contributed by atoms with Gasteiger partial charge in [0.25, 0.3) is 11.2 Å². The number of nitro benzene ring substituents is 1. The molecule has 1 heterocycles. The third-order valence-electron chi connectivity index (χ3n) is 3.90. The van der Waals surface area contributed by atoms with Gasteiger partial charge in [-0.2, -0.15) is 5.26 Å². The van der Waals surface area contributed by atoms with Gasteiger partial charge in [-0.3, -0.25) is 14.9 Å². The molecule has 0 aliphatic rings. The Balaban J connectivity index is 2.30. The number of nitrogens with one attached hydrogen (secondary N) is 1. The maximum Gasteiger partial charge on any atom is 0.270 e. The average molecular weight is 373 g/mol. The highest BCUT2D eigenvalue weighted by atomic mass is 32.2. The standard InChI is InChI=1S/C17H19N5O3S/c1-3-21(4-2)9-10-26-17-19-15(14(11-18)16(23)20-17)12-5-7-13(8-6-12)22(24)25/h5-8H,3-4,9-10H2,1-2H3,(H,19,20,23). The molecule has 1 aromatic carbocycles. The first-order valence-electron chi connectivity index (χ1n) is 8.14. The van der Waals surface area contributed by atoms with E-state index in [2.05, 4.69) is 28.7 Å². The topological polar surface area (TPSA) is 116 Å². The second kappa shape index (κ2) is 9.12. The van der Waals surface area contributed by atoms with Crippen molar-refractivity contribution in [2.45, 2.75) is 19.0 Å². The van der Waals surface area contributed by atoms with Crippen LogP contribution in [0.2, 0.25) is 0 Å². The molecule has 0 amide bonds. The number of thioether (sulfide) groups is 1. The second-order valence-corrected chi connectivity index (χ2v) is 6.47. The quantitative estimate of drug-likeness (QED) is 0.327. The number of aromatic nitrogens is 2. The van der Waals surface area contributed by atoms with Gasteiger partial charge in [-0.25, -0.2) is 4.98 Å². The molecule has 0 atom stereocenters. The maximum atomic E-state index is 12.2. The fourth-order valence-corrected chi connectivity index (χ4v) is 3.25. The van der Waals surface area contributed by atoms with Crippen LogP contribution in [0.3, 0.4) is 0 Å². The van der Waals surface area contributed by atoms with Crippen LogP contribution in [0.15, 0.2) is 34.2 Å². The van der Waals surface area contributed by atoms with Crippen LogP contribution >= 0.6 is 11.8 Å². The van der Waals surface area contributed by atoms with Gasteiger partial charge in [0.15, 0.2) is 5.16 Å². The van der Waals surface area contributed by atoms with Gasteiger partial charge in [-0.05, 0) is 25.2 Å². The van der Waals surface area contributed by atoms with Crippen LogP contribution in [0, 0.1) is 21.4 Å². The second-order valence-electron chi connectivity index (χ2n) is 5.39. The molecule has 26 heavy (non-hydrogen) atoms. The minimum Gasteiger partial charge on any atom is -0.303 e. The number of hydrogen-bond acceptors (Lipinski definition) is 7. The molecule has 136 valence electrons. The summed E-state index contributed by atoms with van der Waals surface area (Å²) in [7, 11) is 0. The smallest absolute Gasteiger partial charge is 0.270 e. The Morgan fingerprint density at radius 3 is 2.50 bits per heavy atom. The third kappa shape index (κ3) is 4.68. The zero-order valence-corrected chi connectivity index (χ0v) is 15.4. The number of nitrogens with zero attached hydrogens (tertiary/aromatic N) is 4. The van der Waals surface area contributed by atoms with Crippen LogP contribution in [0.4, 0.5) is 5.69 Å². The van der Waals surface area contributed by atoms with Crippen LogP contribution in [-0.2, 0) is 0 Å². The predicted octanol–water partition coefficient (Wildman–Crippen LogP) is 2.65. The zero-order chi connectivity index (χ0) is 19.1. The van der Waals surface area contributed by atoms with E-state index in [1.165, 1.54) is 36.0 Å². The zero-order valence-electron chi connectivity index (χ0n) is 14.6. The van der Waals surface area contributed by atoms with Crippen molar-refractivity contribution in [3.8, 4) is 17.3 Å². The van der Waals surface area contributed by atoms with Crippen molar-refractivity contribution in [2.75, 3.05) is 25.4 Å². The van der Waals surface area contributed by atoms with Gasteiger partial charge < -0.3 is 9.88 Å². The van der Waals surface area contributed by atoms with Crippen molar-refractivity contribution < 1.29 is 4.92 Å². The van der Waals surface area contributed by atoms with E-state index in [4.69, 9.17) is 0 Å². The summed E-state index contributed by atoms with van der Waals surface area (Å²) in [6, 6.07) is 7.50. The van der Waals surface area contributed by atoms with Crippen LogP contribution in [0.5, 0.6) is 0 Å². The lowest BCUT2D eigenvalue weighted by atomic mass is 10.1. The van der Waals surface area contributed by atoms with E-state index in [-0.39, 0.29) is 16.9 Å². The predicted molar refractivity (Wildman–Crippen MR) is 100 cm³/mol. The summed E-state index contributed by atoms with van der Waals surface area (Å²) in [6.45, 7) is 6.92. The van der Waals surface area contributed by atoms with Crippen LogP contribution in [0.1, 0.15) is 19.4 Å². The number of aromatic amines is 1. The molecule has 0 saturated heterocycles. The van der Waals surface area contributed by atoms with Crippen LogP contribution in [-0.4, -0.2) is 45.2 Å². The SMILES string of the molecule is CCN(CC)CCSc1nc(-c2ccc([N+](=O)[O-])cc2)c(C#N)c(=O)[nH]1. The maximum absolute atomic E-state index is 12.2. The van der Waals surface area contributed by atoms with Crippen molar-refractivity contribution in [1.29, 1.82) is 5.26 Å². The van der Waals surface area contributed by atoms with E-state index in [9.17, 15) is 20.2 Å². The number of benzene rings is 1. The van der Waals surface area contributed by atoms with Gasteiger partial charge in [0.2, 0.25) is 0 Å². The molecule has 0 unspecified atom stereocenters. The van der Waals surface area contributed by atoms with Crippen LogP contribution in [0.25, 0.3) is 11.3 Å². The number of non-ortho nitro benzene ring substituents is 1. The fourth-order valence-electron chi connectivity index (χ4n) is 2.39. The molecule has 2 aromatic rings. The molecule has 0 fully saturated rings. The van der Waals surface area contributed by atoms with Crippen LogP contribution < -0.4 is 5.56 Å². The van der Waals surface area contributed by atoms with E-state index in [0.717, 1.165) is 25.4 Å². The normalized spacial score (nSPS) is 10.7. The third-order valence-corrected chi connectivity index (χ3v) is 4.76. The highest BCUT2D eigenvalue weighted by Gasteiger charge is 2.15. The first-order valence-corrected chi connectivity index (χ1v) is 9.13. The van der Waals surface area contributed by atoms with E-state index in [0.29, 0.717) is 10.7 Å². The first-order chi connectivity index (χ1) is 12.5. The molecule has 1 aromatic heterocycles. The monoisotopic (exact) mass is 373 g/mol. The Hall–Kier alpha value is -2.70. The average Bonchev–Trinajstić information content (AvgIpc) is 2.65. The van der Waals surface area contributed by atoms with Crippen molar-refractivity contribution in [3.63, 3.8) is 0 Å². The number of hydrogen-bond donors (Lipinski definition) is 1. The van der Waals surface area contributed by atoms with Gasteiger partial charge in [-0.1, -0.05) is 25.6 Å². The van der Waals surface area contributed by atoms with Gasteiger partial charge in [0.1, 0.15) is 11.6 Å². The number of nitro groups is 1. The Morgan fingerprint density at radius 2 is 1.96 bits per heavy atom. The fraction of sp³-hybridized carbons (Fsp3) is 0.353. The Bertz CT molecular complexity index is 869. The van der Waals surface area contributed by atoms with Crippen molar-refractivity contribution in [3.05, 3.63) is 50.3 Å². The molecule has 0 bridgehead atoms. The summed E-state index contributed by atoms with van der Waals surface area (Å²) in [5, 5.41) is 20.5. The van der Waals surface area contributed by atoms with Gasteiger partial charge in [-0.15, -0.1) is 0 Å². The molecule has 0 spiro atoms. The lowest BCUT2D eigenvalue weighted by molar-refractivity contribution is -0.384. The molecule has 0 aliphatic heterocycles. The minimum absolute atomic E-state index is 0.0640. The molecule has 0 aliphatic carbocycles. The summed E-state index contributed by atoms with van der Waals surface area (Å²) in [5.41, 5.74) is 0.0411.